The number of hydrogen-bond donors (Lipinski definition) is 1. The Morgan fingerprint density at radius 3 is 2.77 bits per heavy atom. The van der Waals surface area contributed by atoms with E-state index < -0.39 is 4.92 Å². The van der Waals surface area contributed by atoms with Gasteiger partial charge >= 0.3 is 5.69 Å². The third kappa shape index (κ3) is 3.11. The van der Waals surface area contributed by atoms with Gasteiger partial charge in [-0.1, -0.05) is 0 Å². The fourth-order valence-electron chi connectivity index (χ4n) is 2.58. The number of anilines is 2. The van der Waals surface area contributed by atoms with Crippen LogP contribution in [0, 0.1) is 10.1 Å². The Kier molecular flexibility index (Phi) is 4.08. The van der Waals surface area contributed by atoms with Crippen LogP contribution in [0.1, 0.15) is 12.8 Å². The average Bonchev–Trinajstić information content (AvgIpc) is 2.56. The van der Waals surface area contributed by atoms with Gasteiger partial charge in [0, 0.05) is 43.8 Å². The van der Waals surface area contributed by atoms with Gasteiger partial charge in [-0.25, -0.2) is 15.0 Å². The molecule has 8 nitrogen and oxygen atoms in total. The summed E-state index contributed by atoms with van der Waals surface area (Å²) in [4.78, 5) is 25.3. The molecule has 1 atom stereocenters. The molecule has 114 valence electrons. The van der Waals surface area contributed by atoms with Crippen molar-refractivity contribution in [3.05, 3.63) is 46.9 Å². The second-order valence-corrected chi connectivity index (χ2v) is 5.11. The van der Waals surface area contributed by atoms with Gasteiger partial charge in [-0.3, -0.25) is 10.1 Å². The Morgan fingerprint density at radius 1 is 1.23 bits per heavy atom. The summed E-state index contributed by atoms with van der Waals surface area (Å²) >= 11 is 0. The molecule has 1 saturated heterocycles. The molecule has 0 bridgehead atoms. The number of nitrogens with one attached hydrogen (secondary N) is 1. The third-order valence-electron chi connectivity index (χ3n) is 3.58. The number of nitro groups is 1. The summed E-state index contributed by atoms with van der Waals surface area (Å²) in [5.41, 5.74) is -0.00409. The zero-order valence-electron chi connectivity index (χ0n) is 11.9. The molecule has 1 aliphatic rings. The molecule has 2 aromatic rings. The summed E-state index contributed by atoms with van der Waals surface area (Å²) in [7, 11) is 0. The molecule has 0 aliphatic carbocycles. The smallest absolute Gasteiger partial charge is 0.311 e. The van der Waals surface area contributed by atoms with Gasteiger partial charge in [0.05, 0.1) is 4.92 Å². The Morgan fingerprint density at radius 2 is 2.00 bits per heavy atom. The highest BCUT2D eigenvalue weighted by molar-refractivity contribution is 5.56. The minimum atomic E-state index is -0.420. The van der Waals surface area contributed by atoms with Gasteiger partial charge in [0.2, 0.25) is 11.8 Å². The summed E-state index contributed by atoms with van der Waals surface area (Å²) in [6.45, 7) is 1.57. The van der Waals surface area contributed by atoms with E-state index in [1.807, 2.05) is 0 Å². The summed E-state index contributed by atoms with van der Waals surface area (Å²) in [5, 5.41) is 14.2. The van der Waals surface area contributed by atoms with Gasteiger partial charge in [-0.2, -0.15) is 0 Å². The van der Waals surface area contributed by atoms with Crippen LogP contribution in [0.25, 0.3) is 0 Å². The highest BCUT2D eigenvalue weighted by atomic mass is 16.6. The number of nitrogens with zero attached hydrogens (tertiary/aromatic N) is 5. The van der Waals surface area contributed by atoms with Crippen LogP contribution in [0.2, 0.25) is 0 Å². The molecule has 0 saturated carbocycles. The lowest BCUT2D eigenvalue weighted by Crippen LogP contribution is -2.43. The van der Waals surface area contributed by atoms with Gasteiger partial charge in [0.1, 0.15) is 0 Å². The predicted molar refractivity (Wildman–Crippen MR) is 81.8 cm³/mol. The van der Waals surface area contributed by atoms with Gasteiger partial charge in [-0.15, -0.1) is 0 Å². The molecule has 22 heavy (non-hydrogen) atoms. The normalized spacial score (nSPS) is 18.0. The van der Waals surface area contributed by atoms with E-state index in [0.717, 1.165) is 19.4 Å². The van der Waals surface area contributed by atoms with Crippen LogP contribution >= 0.6 is 0 Å². The predicted octanol–water partition coefficient (Wildman–Crippen LogP) is 1.86. The lowest BCUT2D eigenvalue weighted by molar-refractivity contribution is -0.384. The lowest BCUT2D eigenvalue weighted by atomic mass is 10.1. The van der Waals surface area contributed by atoms with Crippen molar-refractivity contribution in [1.29, 1.82) is 0 Å². The molecule has 1 fully saturated rings. The fourth-order valence-corrected chi connectivity index (χ4v) is 2.58. The maximum absolute atomic E-state index is 11.0. The van der Waals surface area contributed by atoms with Gasteiger partial charge in [-0.05, 0) is 25.0 Å². The topological polar surface area (TPSA) is 97.1 Å². The van der Waals surface area contributed by atoms with Crippen molar-refractivity contribution >= 4 is 17.5 Å². The number of rotatable bonds is 4. The van der Waals surface area contributed by atoms with Crippen molar-refractivity contribution in [3.63, 3.8) is 0 Å². The maximum Gasteiger partial charge on any atom is 0.311 e. The highest BCUT2D eigenvalue weighted by Gasteiger charge is 2.24. The molecule has 1 aliphatic heterocycles. The van der Waals surface area contributed by atoms with Crippen LogP contribution in [-0.2, 0) is 0 Å². The zero-order valence-corrected chi connectivity index (χ0v) is 11.9. The molecule has 3 heterocycles. The third-order valence-corrected chi connectivity index (χ3v) is 3.58. The monoisotopic (exact) mass is 300 g/mol. The Bertz CT molecular complexity index is 651. The van der Waals surface area contributed by atoms with E-state index >= 15 is 0 Å². The van der Waals surface area contributed by atoms with Crippen molar-refractivity contribution in [2.24, 2.45) is 0 Å². The summed E-state index contributed by atoms with van der Waals surface area (Å²) in [6.07, 6.45) is 6.87. The molecule has 0 amide bonds. The fraction of sp³-hybridized carbons (Fsp3) is 0.357. The summed E-state index contributed by atoms with van der Waals surface area (Å²) in [6, 6.07) is 4.87. The molecule has 3 rings (SSSR count). The van der Waals surface area contributed by atoms with Crippen LogP contribution in [0.15, 0.2) is 36.8 Å². The van der Waals surface area contributed by atoms with Crippen LogP contribution in [0.3, 0.4) is 0 Å². The maximum atomic E-state index is 11.0. The molecule has 0 spiro atoms. The first kappa shape index (κ1) is 14.2. The molecular formula is C14H16N6O2. The van der Waals surface area contributed by atoms with E-state index in [2.05, 4.69) is 25.2 Å². The van der Waals surface area contributed by atoms with E-state index in [1.165, 1.54) is 6.07 Å². The largest absolute Gasteiger partial charge is 0.360 e. The summed E-state index contributed by atoms with van der Waals surface area (Å²) in [5.74, 6) is 0.998. The van der Waals surface area contributed by atoms with Crippen molar-refractivity contribution in [2.45, 2.75) is 18.9 Å². The minimum Gasteiger partial charge on any atom is -0.360 e. The number of hydrogen-bond acceptors (Lipinski definition) is 7. The molecule has 1 N–H and O–H groups in total. The van der Waals surface area contributed by atoms with Crippen LogP contribution in [-0.4, -0.2) is 39.0 Å². The van der Waals surface area contributed by atoms with E-state index in [-0.39, 0.29) is 11.7 Å². The van der Waals surface area contributed by atoms with Crippen LogP contribution in [0.4, 0.5) is 17.5 Å². The van der Waals surface area contributed by atoms with Gasteiger partial charge in [0.15, 0.2) is 0 Å². The second-order valence-electron chi connectivity index (χ2n) is 5.11. The molecular weight excluding hydrogens is 284 g/mol. The second kappa shape index (κ2) is 6.33. The molecule has 2 aromatic heterocycles. The Hall–Kier alpha value is -2.77. The van der Waals surface area contributed by atoms with E-state index in [0.29, 0.717) is 18.3 Å². The van der Waals surface area contributed by atoms with E-state index in [1.54, 1.807) is 30.7 Å². The molecule has 0 aromatic carbocycles. The van der Waals surface area contributed by atoms with Crippen molar-refractivity contribution in [2.75, 3.05) is 23.3 Å². The quantitative estimate of drug-likeness (QED) is 0.679. The molecule has 0 radical (unpaired) electrons. The van der Waals surface area contributed by atoms with Crippen molar-refractivity contribution < 1.29 is 4.92 Å². The molecule has 8 heteroatoms. The number of piperidine rings is 1. The first-order chi connectivity index (χ1) is 10.7. The Labute approximate surface area is 127 Å². The van der Waals surface area contributed by atoms with Crippen molar-refractivity contribution in [1.82, 2.24) is 15.0 Å². The number of aromatic nitrogens is 3. The number of pyridine rings is 1. The van der Waals surface area contributed by atoms with Crippen LogP contribution < -0.4 is 10.2 Å². The van der Waals surface area contributed by atoms with Gasteiger partial charge < -0.3 is 10.2 Å². The summed E-state index contributed by atoms with van der Waals surface area (Å²) < 4.78 is 0. The SMILES string of the molecule is O=[N+]([O-])c1cccnc1N[C@H]1CCCN(c2ncccn2)C1. The van der Waals surface area contributed by atoms with E-state index in [4.69, 9.17) is 0 Å². The van der Waals surface area contributed by atoms with Crippen LogP contribution in [0.5, 0.6) is 0 Å². The first-order valence-electron chi connectivity index (χ1n) is 7.12. The zero-order chi connectivity index (χ0) is 15.4. The lowest BCUT2D eigenvalue weighted by Gasteiger charge is -2.33. The van der Waals surface area contributed by atoms with Gasteiger partial charge in [0.25, 0.3) is 0 Å². The first-order valence-corrected chi connectivity index (χ1v) is 7.12. The minimum absolute atomic E-state index is 0.00409. The van der Waals surface area contributed by atoms with Crippen molar-refractivity contribution in [3.8, 4) is 0 Å². The van der Waals surface area contributed by atoms with E-state index in [9.17, 15) is 10.1 Å². The molecule has 0 unspecified atom stereocenters. The highest BCUT2D eigenvalue weighted by Crippen LogP contribution is 2.24. The standard InChI is InChI=1S/C14H16N6O2/c21-20(22)12-5-1-6-15-13(12)18-11-4-2-9-19(10-11)14-16-7-3-8-17-14/h1,3,5-8,11H,2,4,9-10H2,(H,15,18)/t11-/m0/s1. The average molecular weight is 300 g/mol. The Balaban J connectivity index is 1.72.